The fourth-order valence-corrected chi connectivity index (χ4v) is 2.66. The fraction of sp³-hybridized carbons (Fsp3) is 0.400. The lowest BCUT2D eigenvalue weighted by atomic mass is 9.89. The molecule has 0 heterocycles. The normalized spacial score (nSPS) is 25.1. The SMILES string of the molecule is O=S(=O)(O)C1(O)CCc2cccc(O)c2C1. The Morgan fingerprint density at radius 2 is 2.00 bits per heavy atom. The van der Waals surface area contributed by atoms with Gasteiger partial charge in [0, 0.05) is 12.0 Å². The third-order valence-electron chi connectivity index (χ3n) is 2.97. The third-order valence-corrected chi connectivity index (χ3v) is 4.28. The van der Waals surface area contributed by atoms with Gasteiger partial charge in [-0.15, -0.1) is 0 Å². The third kappa shape index (κ3) is 1.68. The average Bonchev–Trinajstić information content (AvgIpc) is 2.18. The van der Waals surface area contributed by atoms with E-state index in [1.54, 1.807) is 12.1 Å². The standard InChI is InChI=1S/C10H12O5S/c11-9-3-1-2-7-4-5-10(12,6-8(7)9)16(13,14)15/h1-3,11-12H,4-6H2,(H,13,14,15). The minimum atomic E-state index is -4.54. The summed E-state index contributed by atoms with van der Waals surface area (Å²) >= 11 is 0. The van der Waals surface area contributed by atoms with Gasteiger partial charge in [-0.25, -0.2) is 0 Å². The summed E-state index contributed by atoms with van der Waals surface area (Å²) in [5.74, 6) is -0.0562. The quantitative estimate of drug-likeness (QED) is 0.624. The molecule has 0 aromatic heterocycles. The molecule has 0 spiro atoms. The van der Waals surface area contributed by atoms with Gasteiger partial charge < -0.3 is 10.2 Å². The first-order valence-corrected chi connectivity index (χ1v) is 6.27. The van der Waals surface area contributed by atoms with Crippen LogP contribution in [0, 0.1) is 0 Å². The first kappa shape index (κ1) is 11.4. The molecule has 1 aliphatic carbocycles. The summed E-state index contributed by atoms with van der Waals surface area (Å²) in [6, 6.07) is 4.85. The van der Waals surface area contributed by atoms with E-state index in [2.05, 4.69) is 0 Å². The van der Waals surface area contributed by atoms with Gasteiger partial charge in [0.15, 0.2) is 4.93 Å². The van der Waals surface area contributed by atoms with E-state index in [-0.39, 0.29) is 18.6 Å². The first-order chi connectivity index (χ1) is 7.33. The molecule has 0 saturated carbocycles. The topological polar surface area (TPSA) is 94.8 Å². The lowest BCUT2D eigenvalue weighted by Gasteiger charge is -2.30. The van der Waals surface area contributed by atoms with Crippen molar-refractivity contribution in [2.24, 2.45) is 0 Å². The molecule has 0 bridgehead atoms. The maximum atomic E-state index is 11.1. The molecule has 1 aliphatic rings. The van der Waals surface area contributed by atoms with Crippen LogP contribution >= 0.6 is 0 Å². The Labute approximate surface area is 93.1 Å². The van der Waals surface area contributed by atoms with E-state index in [0.29, 0.717) is 12.0 Å². The molecule has 5 nitrogen and oxygen atoms in total. The summed E-state index contributed by atoms with van der Waals surface area (Å²) in [5, 5.41) is 19.4. The van der Waals surface area contributed by atoms with Crippen LogP contribution in [-0.4, -0.2) is 28.1 Å². The zero-order valence-corrected chi connectivity index (χ0v) is 9.24. The summed E-state index contributed by atoms with van der Waals surface area (Å²) in [4.78, 5) is -2.18. The zero-order valence-electron chi connectivity index (χ0n) is 8.42. The molecule has 16 heavy (non-hydrogen) atoms. The van der Waals surface area contributed by atoms with Gasteiger partial charge in [0.25, 0.3) is 10.1 Å². The van der Waals surface area contributed by atoms with Gasteiger partial charge in [0.2, 0.25) is 0 Å². The summed E-state index contributed by atoms with van der Waals surface area (Å²) < 4.78 is 31.1. The Kier molecular flexibility index (Phi) is 2.45. The molecule has 3 N–H and O–H groups in total. The number of rotatable bonds is 1. The van der Waals surface area contributed by atoms with Gasteiger partial charge in [-0.1, -0.05) is 12.1 Å². The van der Waals surface area contributed by atoms with E-state index in [1.165, 1.54) is 6.07 Å². The molecule has 0 aliphatic heterocycles. The predicted octanol–water partition coefficient (Wildman–Crippen LogP) is 0.457. The second-order valence-corrected chi connectivity index (χ2v) is 5.72. The number of hydrogen-bond acceptors (Lipinski definition) is 4. The van der Waals surface area contributed by atoms with Crippen LogP contribution in [0.5, 0.6) is 5.75 Å². The second kappa shape index (κ2) is 3.44. The van der Waals surface area contributed by atoms with Crippen molar-refractivity contribution in [3.8, 4) is 5.75 Å². The van der Waals surface area contributed by atoms with Crippen molar-refractivity contribution >= 4 is 10.1 Å². The molecular weight excluding hydrogens is 232 g/mol. The number of hydrogen-bond donors (Lipinski definition) is 3. The van der Waals surface area contributed by atoms with E-state index < -0.39 is 15.1 Å². The number of aromatic hydroxyl groups is 1. The molecule has 2 rings (SSSR count). The molecule has 0 fully saturated rings. The maximum absolute atomic E-state index is 11.1. The highest BCUT2D eigenvalue weighted by molar-refractivity contribution is 7.87. The molecule has 6 heteroatoms. The van der Waals surface area contributed by atoms with Crippen LogP contribution in [0.4, 0.5) is 0 Å². The van der Waals surface area contributed by atoms with Crippen molar-refractivity contribution in [3.63, 3.8) is 0 Å². The molecule has 0 radical (unpaired) electrons. The monoisotopic (exact) mass is 244 g/mol. The average molecular weight is 244 g/mol. The number of aliphatic hydroxyl groups is 1. The minimum absolute atomic E-state index is 0.0562. The summed E-state index contributed by atoms with van der Waals surface area (Å²) in [6.45, 7) is 0. The number of fused-ring (bicyclic) bond motifs is 1. The summed E-state index contributed by atoms with van der Waals surface area (Å²) in [5.41, 5.74) is 1.18. The summed E-state index contributed by atoms with van der Waals surface area (Å²) in [6.07, 6.45) is -0.0455. The van der Waals surface area contributed by atoms with E-state index >= 15 is 0 Å². The van der Waals surface area contributed by atoms with Gasteiger partial charge in [0.1, 0.15) is 5.75 Å². The van der Waals surface area contributed by atoms with Crippen LogP contribution in [0.25, 0.3) is 0 Å². The maximum Gasteiger partial charge on any atom is 0.295 e. The predicted molar refractivity (Wildman–Crippen MR) is 56.6 cm³/mol. The van der Waals surface area contributed by atoms with Crippen molar-refractivity contribution in [2.45, 2.75) is 24.2 Å². The van der Waals surface area contributed by atoms with Crippen molar-refractivity contribution < 1.29 is 23.2 Å². The van der Waals surface area contributed by atoms with Crippen LogP contribution in [0.3, 0.4) is 0 Å². The zero-order chi connectivity index (χ0) is 12.0. The fourth-order valence-electron chi connectivity index (χ4n) is 1.97. The van der Waals surface area contributed by atoms with Crippen molar-refractivity contribution in [1.29, 1.82) is 0 Å². The van der Waals surface area contributed by atoms with Gasteiger partial charge >= 0.3 is 0 Å². The minimum Gasteiger partial charge on any atom is -0.508 e. The molecule has 1 atom stereocenters. The Hall–Kier alpha value is -1.11. The molecular formula is C10H12O5S. The van der Waals surface area contributed by atoms with Gasteiger partial charge in [-0.3, -0.25) is 4.55 Å². The second-order valence-electron chi connectivity index (χ2n) is 4.01. The molecule has 1 unspecified atom stereocenters. The lowest BCUT2D eigenvalue weighted by Crippen LogP contribution is -2.43. The van der Waals surface area contributed by atoms with E-state index in [1.807, 2.05) is 0 Å². The first-order valence-electron chi connectivity index (χ1n) is 4.83. The number of aryl methyl sites for hydroxylation is 1. The van der Waals surface area contributed by atoms with Crippen LogP contribution in [0.1, 0.15) is 17.5 Å². The number of phenols is 1. The largest absolute Gasteiger partial charge is 0.508 e. The lowest BCUT2D eigenvalue weighted by molar-refractivity contribution is 0.0973. The highest BCUT2D eigenvalue weighted by Crippen LogP contribution is 2.36. The molecule has 0 saturated heterocycles. The van der Waals surface area contributed by atoms with Crippen LogP contribution in [0.2, 0.25) is 0 Å². The molecule has 1 aromatic carbocycles. The number of phenolic OH excluding ortho intramolecular Hbond substituents is 1. The highest BCUT2D eigenvalue weighted by atomic mass is 32.2. The van der Waals surface area contributed by atoms with Crippen LogP contribution in [-0.2, 0) is 23.0 Å². The van der Waals surface area contributed by atoms with Crippen molar-refractivity contribution in [3.05, 3.63) is 29.3 Å². The molecule has 0 amide bonds. The highest BCUT2D eigenvalue weighted by Gasteiger charge is 2.44. The van der Waals surface area contributed by atoms with Crippen molar-refractivity contribution in [1.82, 2.24) is 0 Å². The molecule has 1 aromatic rings. The van der Waals surface area contributed by atoms with Gasteiger partial charge in [-0.05, 0) is 24.5 Å². The Morgan fingerprint density at radius 1 is 1.31 bits per heavy atom. The number of benzene rings is 1. The van der Waals surface area contributed by atoms with E-state index in [9.17, 15) is 18.6 Å². The summed E-state index contributed by atoms with van der Waals surface area (Å²) in [7, 11) is -4.54. The van der Waals surface area contributed by atoms with E-state index in [0.717, 1.165) is 5.56 Å². The Morgan fingerprint density at radius 3 is 2.62 bits per heavy atom. The van der Waals surface area contributed by atoms with E-state index in [4.69, 9.17) is 4.55 Å². The smallest absolute Gasteiger partial charge is 0.295 e. The molecule has 88 valence electrons. The van der Waals surface area contributed by atoms with Crippen molar-refractivity contribution in [2.75, 3.05) is 0 Å². The Bertz CT molecular complexity index is 522. The van der Waals surface area contributed by atoms with Gasteiger partial charge in [-0.2, -0.15) is 8.42 Å². The van der Waals surface area contributed by atoms with Crippen LogP contribution < -0.4 is 0 Å². The Balaban J connectivity index is 2.48. The van der Waals surface area contributed by atoms with Gasteiger partial charge in [0.05, 0.1) is 0 Å². The van der Waals surface area contributed by atoms with Crippen LogP contribution in [0.15, 0.2) is 18.2 Å².